The van der Waals surface area contributed by atoms with Gasteiger partial charge in [0.15, 0.2) is 0 Å². The summed E-state index contributed by atoms with van der Waals surface area (Å²) < 4.78 is 18.9. The Bertz CT molecular complexity index is 2840. The smallest absolute Gasteiger partial charge is 0.149 e. The fourth-order valence-corrected chi connectivity index (χ4v) is 9.42. The van der Waals surface area contributed by atoms with Crippen molar-refractivity contribution in [3.63, 3.8) is 0 Å². The lowest BCUT2D eigenvalue weighted by molar-refractivity contribution is 0.268. The number of fused-ring (bicyclic) bond motifs is 12. The molecule has 0 spiro atoms. The summed E-state index contributed by atoms with van der Waals surface area (Å²) in [5, 5.41) is 4.98. The summed E-state index contributed by atoms with van der Waals surface area (Å²) in [5.74, 6) is 2.10. The van der Waals surface area contributed by atoms with Gasteiger partial charge in [0.1, 0.15) is 23.7 Å². The van der Waals surface area contributed by atoms with Gasteiger partial charge in [0, 0.05) is 55.4 Å². The van der Waals surface area contributed by atoms with Crippen LogP contribution in [0.15, 0.2) is 170 Å². The van der Waals surface area contributed by atoms with Crippen molar-refractivity contribution in [2.24, 2.45) is 0 Å². The van der Waals surface area contributed by atoms with Crippen LogP contribution in [0, 0.1) is 0 Å². The Morgan fingerprint density at radius 3 is 1.54 bits per heavy atom. The van der Waals surface area contributed by atoms with Crippen molar-refractivity contribution in [3.05, 3.63) is 181 Å². The van der Waals surface area contributed by atoms with E-state index in [2.05, 4.69) is 179 Å². The lowest BCUT2D eigenvalue weighted by atomic mass is 9.86. The SMILES string of the molecule is C1=CC2Oc3c(-c4cccc5c4OC4C(n6c7ccccc7c7ccccc76)=CC(n6c7ccccc7c7ccccc76)=CC54)cccc3C2C=C1. The summed E-state index contributed by atoms with van der Waals surface area (Å²) in [6.07, 6.45) is 13.2. The number of aromatic nitrogens is 2. The molecular formula is C48H32N2O2. The molecule has 0 saturated heterocycles. The van der Waals surface area contributed by atoms with Crippen LogP contribution in [0.25, 0.3) is 66.1 Å². The molecule has 4 unspecified atom stereocenters. The zero-order chi connectivity index (χ0) is 33.9. The van der Waals surface area contributed by atoms with Gasteiger partial charge in [-0.3, -0.25) is 0 Å². The van der Waals surface area contributed by atoms with Gasteiger partial charge in [-0.15, -0.1) is 0 Å². The molecule has 4 nitrogen and oxygen atoms in total. The second-order valence-corrected chi connectivity index (χ2v) is 14.3. The maximum Gasteiger partial charge on any atom is 0.149 e. The van der Waals surface area contributed by atoms with Gasteiger partial charge in [-0.2, -0.15) is 0 Å². The van der Waals surface area contributed by atoms with E-state index in [0.29, 0.717) is 0 Å². The Morgan fingerprint density at radius 2 is 0.942 bits per heavy atom. The van der Waals surface area contributed by atoms with Crippen molar-refractivity contribution < 1.29 is 9.47 Å². The molecule has 2 aliphatic carbocycles. The summed E-state index contributed by atoms with van der Waals surface area (Å²) in [6.45, 7) is 0. The van der Waals surface area contributed by atoms with E-state index >= 15 is 0 Å². The monoisotopic (exact) mass is 668 g/mol. The van der Waals surface area contributed by atoms with Gasteiger partial charge in [0.25, 0.3) is 0 Å². The molecule has 4 atom stereocenters. The first-order valence-electron chi connectivity index (χ1n) is 18.2. The van der Waals surface area contributed by atoms with Crippen molar-refractivity contribution in [1.29, 1.82) is 0 Å². The highest BCUT2D eigenvalue weighted by molar-refractivity contribution is 6.12. The summed E-state index contributed by atoms with van der Waals surface area (Å²) in [5.41, 5.74) is 11.6. The molecule has 246 valence electrons. The third-order valence-corrected chi connectivity index (χ3v) is 11.6. The van der Waals surface area contributed by atoms with Gasteiger partial charge >= 0.3 is 0 Å². The molecular weight excluding hydrogens is 637 g/mol. The molecule has 52 heavy (non-hydrogen) atoms. The largest absolute Gasteiger partial charge is 0.484 e. The molecule has 0 radical (unpaired) electrons. The van der Waals surface area contributed by atoms with E-state index in [1.807, 2.05) is 0 Å². The molecule has 8 aromatic rings. The van der Waals surface area contributed by atoms with E-state index in [1.165, 1.54) is 54.7 Å². The van der Waals surface area contributed by atoms with Crippen molar-refractivity contribution in [1.82, 2.24) is 9.13 Å². The van der Waals surface area contributed by atoms with Gasteiger partial charge in [-0.05, 0) is 42.5 Å². The number of ether oxygens (including phenoxy) is 2. The first kappa shape index (κ1) is 28.2. The minimum atomic E-state index is -0.238. The van der Waals surface area contributed by atoms with Crippen LogP contribution < -0.4 is 9.47 Å². The highest BCUT2D eigenvalue weighted by Crippen LogP contribution is 2.55. The Labute approximate surface area is 300 Å². The maximum atomic E-state index is 7.32. The van der Waals surface area contributed by atoms with E-state index in [1.54, 1.807) is 0 Å². The molecule has 4 heterocycles. The van der Waals surface area contributed by atoms with Crippen LogP contribution in [0.2, 0.25) is 0 Å². The molecule has 4 heteroatoms. The van der Waals surface area contributed by atoms with Gasteiger partial charge in [0.05, 0.1) is 33.7 Å². The normalized spacial score (nSPS) is 21.1. The lowest BCUT2D eigenvalue weighted by Gasteiger charge is -2.28. The molecule has 0 bridgehead atoms. The lowest BCUT2D eigenvalue weighted by Crippen LogP contribution is -2.26. The number of para-hydroxylation sites is 6. The van der Waals surface area contributed by atoms with Crippen LogP contribution in [-0.2, 0) is 0 Å². The van der Waals surface area contributed by atoms with Crippen molar-refractivity contribution in [2.45, 2.75) is 24.0 Å². The zero-order valence-electron chi connectivity index (χ0n) is 28.2. The number of allylic oxidation sites excluding steroid dienone is 4. The Hall–Kier alpha value is -6.52. The van der Waals surface area contributed by atoms with Crippen LogP contribution in [0.5, 0.6) is 11.5 Å². The molecule has 2 aromatic heterocycles. The Morgan fingerprint density at radius 1 is 0.442 bits per heavy atom. The molecule has 4 aliphatic rings. The second kappa shape index (κ2) is 10.5. The van der Waals surface area contributed by atoms with Gasteiger partial charge in [0.2, 0.25) is 0 Å². The summed E-state index contributed by atoms with van der Waals surface area (Å²) in [4.78, 5) is 0. The standard InChI is InChI=1S/C48H32N2O2/c1-6-22-40-30(13-1)31-14-2-7-23-41(31)49(40)29-27-39-38-21-12-20-37(36-19-11-18-35-34-17-5-10-26-45(34)51-46(35)36)47(38)52-48(39)44(28-29)50-42-24-8-3-15-32(42)33-16-4-9-25-43(33)50/h1-28,34,39,45,48H. The average molecular weight is 669 g/mol. The molecule has 6 aromatic carbocycles. The third-order valence-electron chi connectivity index (χ3n) is 11.6. The van der Waals surface area contributed by atoms with Gasteiger partial charge < -0.3 is 18.6 Å². The number of hydrogen-bond acceptors (Lipinski definition) is 2. The summed E-state index contributed by atoms with van der Waals surface area (Å²) in [6, 6.07) is 48.2. The fraction of sp³-hybridized carbons (Fsp3) is 0.0833. The van der Waals surface area contributed by atoms with Crippen LogP contribution in [0.4, 0.5) is 0 Å². The minimum Gasteiger partial charge on any atom is -0.484 e. The predicted octanol–water partition coefficient (Wildman–Crippen LogP) is 11.5. The first-order chi connectivity index (χ1) is 25.8. The first-order valence-corrected chi connectivity index (χ1v) is 18.2. The van der Waals surface area contributed by atoms with Crippen LogP contribution in [0.3, 0.4) is 0 Å². The van der Waals surface area contributed by atoms with Crippen LogP contribution in [0.1, 0.15) is 23.0 Å². The van der Waals surface area contributed by atoms with E-state index in [0.717, 1.165) is 34.0 Å². The Kier molecular flexibility index (Phi) is 5.70. The minimum absolute atomic E-state index is 0.0166. The fourth-order valence-electron chi connectivity index (χ4n) is 9.42. The number of hydrogen-bond donors (Lipinski definition) is 0. The number of rotatable bonds is 3. The number of nitrogens with zero attached hydrogens (tertiary/aromatic N) is 2. The highest BCUT2D eigenvalue weighted by atomic mass is 16.5. The topological polar surface area (TPSA) is 28.3 Å². The molecule has 0 saturated carbocycles. The van der Waals surface area contributed by atoms with Crippen molar-refractivity contribution in [3.8, 4) is 22.6 Å². The molecule has 2 aliphatic heterocycles. The Balaban J connectivity index is 1.12. The van der Waals surface area contributed by atoms with Crippen molar-refractivity contribution in [2.75, 3.05) is 0 Å². The van der Waals surface area contributed by atoms with E-state index in [9.17, 15) is 0 Å². The van der Waals surface area contributed by atoms with E-state index in [4.69, 9.17) is 9.47 Å². The van der Waals surface area contributed by atoms with E-state index in [-0.39, 0.29) is 24.0 Å². The average Bonchev–Trinajstić information content (AvgIpc) is 3.95. The molecule has 0 fully saturated rings. The third kappa shape index (κ3) is 3.76. The summed E-state index contributed by atoms with van der Waals surface area (Å²) >= 11 is 0. The highest BCUT2D eigenvalue weighted by Gasteiger charge is 2.42. The zero-order valence-corrected chi connectivity index (χ0v) is 28.2. The summed E-state index contributed by atoms with van der Waals surface area (Å²) in [7, 11) is 0. The van der Waals surface area contributed by atoms with Gasteiger partial charge in [-0.25, -0.2) is 0 Å². The van der Waals surface area contributed by atoms with Crippen LogP contribution in [-0.4, -0.2) is 21.3 Å². The second-order valence-electron chi connectivity index (χ2n) is 14.3. The quantitative estimate of drug-likeness (QED) is 0.187. The molecule has 0 N–H and O–H groups in total. The van der Waals surface area contributed by atoms with E-state index < -0.39 is 0 Å². The van der Waals surface area contributed by atoms with Crippen molar-refractivity contribution >= 4 is 55.0 Å². The van der Waals surface area contributed by atoms with Crippen LogP contribution >= 0.6 is 0 Å². The molecule has 12 rings (SSSR count). The predicted molar refractivity (Wildman–Crippen MR) is 212 cm³/mol. The number of benzene rings is 6. The molecule has 0 amide bonds. The van der Waals surface area contributed by atoms with Gasteiger partial charge in [-0.1, -0.05) is 127 Å². The maximum absolute atomic E-state index is 7.32.